The molecule has 11 nitrogen and oxygen atoms in total. The molecule has 48 heavy (non-hydrogen) atoms. The van der Waals surface area contributed by atoms with E-state index < -0.39 is 35.2 Å². The summed E-state index contributed by atoms with van der Waals surface area (Å²) in [5.74, 6) is -0.511. The third-order valence-corrected chi connectivity index (χ3v) is 11.2. The minimum Gasteiger partial charge on any atom is -0.459 e. The summed E-state index contributed by atoms with van der Waals surface area (Å²) in [7, 11) is 1.62. The summed E-state index contributed by atoms with van der Waals surface area (Å²) in [5, 5.41) is 0. The molecule has 270 valence electrons. The van der Waals surface area contributed by atoms with Gasteiger partial charge in [-0.15, -0.1) is 0 Å². The number of ether oxygens (including phenoxy) is 5. The summed E-state index contributed by atoms with van der Waals surface area (Å²) in [6.07, 6.45) is 5.39. The van der Waals surface area contributed by atoms with Crippen LogP contribution >= 0.6 is 11.8 Å². The zero-order chi connectivity index (χ0) is 35.3. The summed E-state index contributed by atoms with van der Waals surface area (Å²) in [4.78, 5) is 64.7. The van der Waals surface area contributed by atoms with Crippen LogP contribution in [0.25, 0.3) is 0 Å². The van der Waals surface area contributed by atoms with Crippen LogP contribution in [-0.2, 0) is 47.7 Å². The number of likely N-dealkylation sites (tertiary alicyclic amines) is 1. The highest BCUT2D eigenvalue weighted by atomic mass is 32.2. The third-order valence-electron chi connectivity index (χ3n) is 10.1. The molecular formula is C36H55NO10S. The van der Waals surface area contributed by atoms with Gasteiger partial charge in [-0.05, 0) is 65.0 Å². The lowest BCUT2D eigenvalue weighted by Crippen LogP contribution is -2.55. The van der Waals surface area contributed by atoms with E-state index in [1.807, 2.05) is 0 Å². The van der Waals surface area contributed by atoms with E-state index >= 15 is 0 Å². The van der Waals surface area contributed by atoms with Gasteiger partial charge in [0.15, 0.2) is 17.3 Å². The number of carbonyl (C=O) groups excluding carboxylic acids is 5. The first-order valence-corrected chi connectivity index (χ1v) is 18.5. The number of nitrogens with zero attached hydrogens (tertiary/aromatic N) is 1. The van der Waals surface area contributed by atoms with Gasteiger partial charge in [0.25, 0.3) is 0 Å². The molecule has 1 amide bonds. The molecule has 4 aliphatic rings. The number of ketones is 3. The predicted molar refractivity (Wildman–Crippen MR) is 181 cm³/mol. The SMILES string of the molecule is CO[C@@H]1[C@H](OC(=O)CC(=O)CSCCCC(=O)C2CCCN2C(=O)COCC(=O)C(C)(C)C)CC[C@]2(CO2)[C@H]1[C@]1(C)O[C@@H]1CC=C(C)C. The van der Waals surface area contributed by atoms with Crippen molar-refractivity contribution in [3.63, 3.8) is 0 Å². The standard InChI is InChI=1S/C36H55NO10S/c1-23(2)12-13-29-35(6,47-29)33-32(43-7)27(14-15-36(33)22-45-36)46-31(42)18-24(38)21-48-17-9-11-26(39)25-10-8-16-37(25)30(41)20-44-19-28(40)34(3,4)5/h12,25,27,29,32-33H,8-11,13-22H2,1-7H3/t25?,27-,29-,32-,33-,35-,36+/m1/s1. The smallest absolute Gasteiger partial charge is 0.313 e. The van der Waals surface area contributed by atoms with E-state index in [2.05, 4.69) is 26.8 Å². The number of amides is 1. The average Bonchev–Trinajstić information content (AvgIpc) is 3.86. The van der Waals surface area contributed by atoms with Crippen LogP contribution in [0.4, 0.5) is 0 Å². The van der Waals surface area contributed by atoms with Gasteiger partial charge in [-0.2, -0.15) is 11.8 Å². The number of hydrogen-bond acceptors (Lipinski definition) is 11. The molecule has 1 spiro atoms. The van der Waals surface area contributed by atoms with Crippen molar-refractivity contribution in [3.8, 4) is 0 Å². The van der Waals surface area contributed by atoms with Crippen LogP contribution in [0, 0.1) is 11.3 Å². The zero-order valence-electron chi connectivity index (χ0n) is 29.8. The molecule has 1 unspecified atom stereocenters. The summed E-state index contributed by atoms with van der Waals surface area (Å²) in [6, 6.07) is -0.477. The van der Waals surface area contributed by atoms with Crippen LogP contribution in [0.2, 0.25) is 0 Å². The largest absolute Gasteiger partial charge is 0.459 e. The second-order valence-corrected chi connectivity index (χ2v) is 16.3. The Bertz CT molecular complexity index is 1240. The lowest BCUT2D eigenvalue weighted by Gasteiger charge is -2.42. The van der Waals surface area contributed by atoms with E-state index in [0.717, 1.165) is 19.3 Å². The number of methoxy groups -OCH3 is 1. The molecule has 7 atom stereocenters. The van der Waals surface area contributed by atoms with Crippen molar-refractivity contribution in [1.82, 2.24) is 4.90 Å². The van der Waals surface area contributed by atoms with Gasteiger partial charge in [0, 0.05) is 25.5 Å². The Kier molecular flexibility index (Phi) is 13.1. The van der Waals surface area contributed by atoms with Gasteiger partial charge in [0.05, 0.1) is 30.4 Å². The van der Waals surface area contributed by atoms with Crippen LogP contribution < -0.4 is 0 Å². The number of rotatable bonds is 18. The van der Waals surface area contributed by atoms with Gasteiger partial charge >= 0.3 is 5.97 Å². The summed E-state index contributed by atoms with van der Waals surface area (Å²) in [5.41, 5.74) is -0.0580. The lowest BCUT2D eigenvalue weighted by atomic mass is 9.68. The van der Waals surface area contributed by atoms with Crippen molar-refractivity contribution in [3.05, 3.63) is 11.6 Å². The maximum atomic E-state index is 12.9. The minimum atomic E-state index is -0.560. The van der Waals surface area contributed by atoms with Crippen molar-refractivity contribution in [2.75, 3.05) is 45.0 Å². The Morgan fingerprint density at radius 2 is 1.81 bits per heavy atom. The highest BCUT2D eigenvalue weighted by Gasteiger charge is 2.72. The Morgan fingerprint density at radius 1 is 1.08 bits per heavy atom. The minimum absolute atomic E-state index is 0.00676. The molecule has 0 aromatic rings. The Morgan fingerprint density at radius 3 is 2.46 bits per heavy atom. The molecule has 0 N–H and O–H groups in total. The first-order chi connectivity index (χ1) is 22.6. The van der Waals surface area contributed by atoms with Gasteiger partial charge in [0.2, 0.25) is 5.91 Å². The van der Waals surface area contributed by atoms with Crippen molar-refractivity contribution in [1.29, 1.82) is 0 Å². The summed E-state index contributed by atoms with van der Waals surface area (Å²) < 4.78 is 29.3. The van der Waals surface area contributed by atoms with Crippen molar-refractivity contribution < 1.29 is 47.7 Å². The Hall–Kier alpha value is -2.12. The van der Waals surface area contributed by atoms with Crippen molar-refractivity contribution in [2.45, 2.75) is 128 Å². The normalized spacial score (nSPS) is 31.0. The molecule has 3 heterocycles. The molecule has 0 aromatic heterocycles. The average molecular weight is 694 g/mol. The van der Waals surface area contributed by atoms with Crippen LogP contribution in [0.1, 0.15) is 92.9 Å². The van der Waals surface area contributed by atoms with E-state index in [4.69, 9.17) is 23.7 Å². The lowest BCUT2D eigenvalue weighted by molar-refractivity contribution is -0.172. The van der Waals surface area contributed by atoms with E-state index in [-0.39, 0.29) is 66.3 Å². The number of hydrogen-bond donors (Lipinski definition) is 0. The maximum Gasteiger partial charge on any atom is 0.313 e. The molecule has 0 bridgehead atoms. The molecule has 3 saturated heterocycles. The fourth-order valence-corrected chi connectivity index (χ4v) is 7.95. The first-order valence-electron chi connectivity index (χ1n) is 17.3. The Labute approximate surface area is 289 Å². The molecule has 0 aromatic carbocycles. The number of carbonyl (C=O) groups is 5. The molecule has 1 saturated carbocycles. The number of epoxide rings is 2. The second kappa shape index (κ2) is 16.3. The zero-order valence-corrected chi connectivity index (χ0v) is 30.6. The van der Waals surface area contributed by atoms with Crippen LogP contribution in [-0.4, -0.2) is 115 Å². The molecule has 0 radical (unpaired) electrons. The van der Waals surface area contributed by atoms with E-state index in [1.165, 1.54) is 17.3 Å². The monoisotopic (exact) mass is 693 g/mol. The van der Waals surface area contributed by atoms with Crippen molar-refractivity contribution >= 4 is 41.0 Å². The first kappa shape index (κ1) is 38.7. The molecular weight excluding hydrogens is 638 g/mol. The highest BCUT2D eigenvalue weighted by molar-refractivity contribution is 7.99. The van der Waals surface area contributed by atoms with Gasteiger partial charge in [-0.1, -0.05) is 32.4 Å². The fourth-order valence-electron chi connectivity index (χ4n) is 7.12. The van der Waals surface area contributed by atoms with Crippen LogP contribution in [0.3, 0.4) is 0 Å². The number of Topliss-reactive ketones (excluding diaryl/α,β-unsaturated/α-hetero) is 3. The van der Waals surface area contributed by atoms with Crippen LogP contribution in [0.15, 0.2) is 11.6 Å². The predicted octanol–water partition coefficient (Wildman–Crippen LogP) is 4.27. The number of thioether (sulfide) groups is 1. The van der Waals surface area contributed by atoms with E-state index in [1.54, 1.807) is 32.8 Å². The van der Waals surface area contributed by atoms with Gasteiger partial charge < -0.3 is 28.6 Å². The van der Waals surface area contributed by atoms with Gasteiger partial charge in [0.1, 0.15) is 43.0 Å². The van der Waals surface area contributed by atoms with Crippen molar-refractivity contribution in [2.24, 2.45) is 11.3 Å². The van der Waals surface area contributed by atoms with E-state index in [9.17, 15) is 24.0 Å². The number of esters is 1. The summed E-state index contributed by atoms with van der Waals surface area (Å²) >= 11 is 1.38. The molecule has 12 heteroatoms. The second-order valence-electron chi connectivity index (χ2n) is 15.2. The van der Waals surface area contributed by atoms with Gasteiger partial charge in [-0.3, -0.25) is 24.0 Å². The maximum absolute atomic E-state index is 12.9. The Balaban J connectivity index is 1.15. The van der Waals surface area contributed by atoms with Gasteiger partial charge in [-0.25, -0.2) is 0 Å². The van der Waals surface area contributed by atoms with E-state index in [0.29, 0.717) is 44.6 Å². The molecule has 1 aliphatic carbocycles. The molecule has 4 fully saturated rings. The number of allylic oxidation sites excluding steroid dienone is 1. The fraction of sp³-hybridized carbons (Fsp3) is 0.806. The van der Waals surface area contributed by atoms with Crippen LogP contribution in [0.5, 0.6) is 0 Å². The quantitative estimate of drug-likeness (QED) is 0.0668. The summed E-state index contributed by atoms with van der Waals surface area (Å²) in [6.45, 7) is 12.4. The third kappa shape index (κ3) is 9.77. The molecule has 3 aliphatic heterocycles. The topological polar surface area (TPSA) is 141 Å². The molecule has 4 rings (SSSR count). The highest BCUT2D eigenvalue weighted by Crippen LogP contribution is 2.59.